The van der Waals surface area contributed by atoms with Crippen molar-refractivity contribution in [3.05, 3.63) is 91.6 Å². The third kappa shape index (κ3) is 4.17. The normalized spacial score (nSPS) is 11.6. The summed E-state index contributed by atoms with van der Waals surface area (Å²) in [5, 5.41) is 11.1. The summed E-state index contributed by atoms with van der Waals surface area (Å²) in [4.78, 5) is 31.1. The van der Waals surface area contributed by atoms with Gasteiger partial charge in [0.2, 0.25) is 5.88 Å². The number of aromatic hydroxyl groups is 1. The van der Waals surface area contributed by atoms with Gasteiger partial charge in [0, 0.05) is 17.3 Å². The second kappa shape index (κ2) is 8.05. The van der Waals surface area contributed by atoms with E-state index in [0.29, 0.717) is 29.4 Å². The summed E-state index contributed by atoms with van der Waals surface area (Å²) in [7, 11) is 0. The number of hydrogen-bond acceptors (Lipinski definition) is 4. The number of hydrogen-bond donors (Lipinski definition) is 2. The average molecular weight is 384 g/mol. The van der Waals surface area contributed by atoms with Crippen molar-refractivity contribution in [2.75, 3.05) is 6.54 Å². The first-order chi connectivity index (χ1) is 13.0. The topological polar surface area (TPSA) is 87.4 Å². The molecule has 3 aromatic rings. The molecule has 0 radical (unpaired) electrons. The van der Waals surface area contributed by atoms with E-state index < -0.39 is 17.1 Å². The Morgan fingerprint density at radius 1 is 1.11 bits per heavy atom. The summed E-state index contributed by atoms with van der Waals surface area (Å²) < 4.78 is 1.02. The highest BCUT2D eigenvalue weighted by Crippen LogP contribution is 2.19. The zero-order chi connectivity index (χ0) is 19.4. The zero-order valence-electron chi connectivity index (χ0n) is 14.6. The van der Waals surface area contributed by atoms with E-state index in [-0.39, 0.29) is 5.56 Å². The highest BCUT2D eigenvalue weighted by atomic mass is 35.5. The van der Waals surface area contributed by atoms with Gasteiger partial charge in [-0.05, 0) is 43.2 Å². The lowest BCUT2D eigenvalue weighted by Gasteiger charge is -2.11. The molecule has 2 aromatic carbocycles. The smallest absolute Gasteiger partial charge is 0.335 e. The van der Waals surface area contributed by atoms with Crippen molar-refractivity contribution >= 4 is 17.3 Å². The molecule has 0 atom stereocenters. The number of aromatic amines is 1. The molecule has 0 unspecified atom stereocenters. The minimum Gasteiger partial charge on any atom is -0.493 e. The summed E-state index contributed by atoms with van der Waals surface area (Å²) in [5.41, 5.74) is 0.421. The number of aromatic nitrogens is 2. The lowest BCUT2D eigenvalue weighted by Crippen LogP contribution is -2.32. The standard InChI is InChI=1S/C20H18ClN3O3/c1-13(22-12-11-14-5-3-2-4-6-14)17-18(25)23-20(27)24(19(17)26)16-9-7-15(21)8-10-16/h2-10,26H,11-12H2,1H3,(H,23,25,27). The van der Waals surface area contributed by atoms with Gasteiger partial charge in [0.05, 0.1) is 5.69 Å². The Hall–Kier alpha value is -3.12. The largest absolute Gasteiger partial charge is 0.493 e. The molecular weight excluding hydrogens is 366 g/mol. The molecule has 6 nitrogen and oxygen atoms in total. The van der Waals surface area contributed by atoms with Crippen molar-refractivity contribution in [3.63, 3.8) is 0 Å². The third-order valence-corrected chi connectivity index (χ3v) is 4.38. The van der Waals surface area contributed by atoms with Gasteiger partial charge in [-0.3, -0.25) is 14.8 Å². The van der Waals surface area contributed by atoms with E-state index in [1.165, 1.54) is 0 Å². The molecule has 27 heavy (non-hydrogen) atoms. The maximum atomic E-state index is 12.2. The van der Waals surface area contributed by atoms with Gasteiger partial charge < -0.3 is 5.11 Å². The zero-order valence-corrected chi connectivity index (χ0v) is 15.4. The number of H-pyrrole nitrogens is 1. The molecule has 3 rings (SSSR count). The summed E-state index contributed by atoms with van der Waals surface area (Å²) in [6.45, 7) is 2.08. The second-order valence-electron chi connectivity index (χ2n) is 5.97. The Kier molecular flexibility index (Phi) is 5.57. The molecule has 0 amide bonds. The van der Waals surface area contributed by atoms with Gasteiger partial charge in [-0.15, -0.1) is 0 Å². The van der Waals surface area contributed by atoms with Gasteiger partial charge in [0.15, 0.2) is 0 Å². The fraction of sp³-hybridized carbons (Fsp3) is 0.150. The molecule has 0 saturated heterocycles. The predicted octanol–water partition coefficient (Wildman–Crippen LogP) is 2.94. The highest BCUT2D eigenvalue weighted by molar-refractivity contribution is 6.30. The van der Waals surface area contributed by atoms with Crippen molar-refractivity contribution in [3.8, 4) is 11.6 Å². The minimum atomic E-state index is -0.736. The number of aliphatic imine (C=N–C) groups is 1. The van der Waals surface area contributed by atoms with Crippen LogP contribution in [0.4, 0.5) is 0 Å². The van der Waals surface area contributed by atoms with Crippen LogP contribution in [0.15, 0.2) is 69.2 Å². The number of nitrogens with zero attached hydrogens (tertiary/aromatic N) is 2. The van der Waals surface area contributed by atoms with Crippen LogP contribution in [-0.4, -0.2) is 26.9 Å². The maximum absolute atomic E-state index is 12.2. The fourth-order valence-corrected chi connectivity index (χ4v) is 2.88. The van der Waals surface area contributed by atoms with E-state index in [4.69, 9.17) is 11.6 Å². The van der Waals surface area contributed by atoms with E-state index in [2.05, 4.69) is 9.98 Å². The lowest BCUT2D eigenvalue weighted by atomic mass is 10.1. The third-order valence-electron chi connectivity index (χ3n) is 4.12. The molecular formula is C20H18ClN3O3. The summed E-state index contributed by atoms with van der Waals surface area (Å²) in [6, 6.07) is 16.2. The Labute approximate surface area is 160 Å². The molecule has 0 aliphatic heterocycles. The number of benzene rings is 2. The molecule has 1 aromatic heterocycles. The number of nitrogens with one attached hydrogen (secondary N) is 1. The first-order valence-electron chi connectivity index (χ1n) is 8.37. The Morgan fingerprint density at radius 3 is 2.44 bits per heavy atom. The van der Waals surface area contributed by atoms with Crippen LogP contribution in [0.5, 0.6) is 5.88 Å². The monoisotopic (exact) mass is 383 g/mol. The maximum Gasteiger partial charge on any atom is 0.335 e. The summed E-state index contributed by atoms with van der Waals surface area (Å²) in [6.07, 6.45) is 0.702. The molecule has 0 aliphatic rings. The Balaban J connectivity index is 1.96. The molecule has 0 bridgehead atoms. The number of halogens is 1. The summed E-state index contributed by atoms with van der Waals surface area (Å²) >= 11 is 5.87. The van der Waals surface area contributed by atoms with Crippen LogP contribution >= 0.6 is 11.6 Å². The quantitative estimate of drug-likeness (QED) is 0.664. The van der Waals surface area contributed by atoms with Crippen molar-refractivity contribution < 1.29 is 5.11 Å². The lowest BCUT2D eigenvalue weighted by molar-refractivity contribution is 0.429. The first kappa shape index (κ1) is 18.7. The van der Waals surface area contributed by atoms with E-state index in [1.807, 2.05) is 30.3 Å². The Bertz CT molecular complexity index is 1080. The van der Waals surface area contributed by atoms with Crippen LogP contribution in [0.2, 0.25) is 5.02 Å². The van der Waals surface area contributed by atoms with Crippen LogP contribution in [0.1, 0.15) is 18.1 Å². The molecule has 2 N–H and O–H groups in total. The van der Waals surface area contributed by atoms with Crippen LogP contribution < -0.4 is 11.2 Å². The molecule has 0 aliphatic carbocycles. The van der Waals surface area contributed by atoms with Crippen LogP contribution in [0.3, 0.4) is 0 Å². The van der Waals surface area contributed by atoms with Gasteiger partial charge in [-0.25, -0.2) is 9.36 Å². The van der Waals surface area contributed by atoms with Crippen molar-refractivity contribution in [2.24, 2.45) is 4.99 Å². The molecule has 0 saturated carbocycles. The van der Waals surface area contributed by atoms with Crippen molar-refractivity contribution in [2.45, 2.75) is 13.3 Å². The first-order valence-corrected chi connectivity index (χ1v) is 8.75. The molecule has 7 heteroatoms. The predicted molar refractivity (Wildman–Crippen MR) is 107 cm³/mol. The van der Waals surface area contributed by atoms with Crippen molar-refractivity contribution in [1.29, 1.82) is 0 Å². The molecule has 0 spiro atoms. The van der Waals surface area contributed by atoms with E-state index in [9.17, 15) is 14.7 Å². The molecule has 1 heterocycles. The number of rotatable bonds is 5. The fourth-order valence-electron chi connectivity index (χ4n) is 2.76. The van der Waals surface area contributed by atoms with Gasteiger partial charge in [0.25, 0.3) is 5.56 Å². The minimum absolute atomic E-state index is 0.0300. The van der Waals surface area contributed by atoms with Gasteiger partial charge >= 0.3 is 5.69 Å². The highest BCUT2D eigenvalue weighted by Gasteiger charge is 2.17. The molecule has 0 fully saturated rings. The van der Waals surface area contributed by atoms with Gasteiger partial charge in [-0.2, -0.15) is 0 Å². The molecule has 138 valence electrons. The van der Waals surface area contributed by atoms with E-state index >= 15 is 0 Å². The van der Waals surface area contributed by atoms with Crippen LogP contribution in [0, 0.1) is 0 Å². The van der Waals surface area contributed by atoms with Gasteiger partial charge in [0.1, 0.15) is 5.56 Å². The average Bonchev–Trinajstić information content (AvgIpc) is 2.64. The SMILES string of the molecule is CC(=NCCc1ccccc1)c1c(O)n(-c2ccc(Cl)cc2)c(=O)[nH]c1=O. The Morgan fingerprint density at radius 2 is 1.78 bits per heavy atom. The van der Waals surface area contributed by atoms with Crippen LogP contribution in [0.25, 0.3) is 5.69 Å². The van der Waals surface area contributed by atoms with E-state index in [0.717, 1.165) is 10.1 Å². The van der Waals surface area contributed by atoms with Gasteiger partial charge in [-0.1, -0.05) is 41.9 Å². The second-order valence-corrected chi connectivity index (χ2v) is 6.41. The summed E-state index contributed by atoms with van der Waals surface area (Å²) in [5.74, 6) is -0.452. The van der Waals surface area contributed by atoms with Crippen molar-refractivity contribution in [1.82, 2.24) is 9.55 Å². The van der Waals surface area contributed by atoms with Crippen LogP contribution in [-0.2, 0) is 6.42 Å². The van der Waals surface area contributed by atoms with E-state index in [1.54, 1.807) is 31.2 Å².